The van der Waals surface area contributed by atoms with Crippen molar-refractivity contribution >= 4 is 5.91 Å². The van der Waals surface area contributed by atoms with Gasteiger partial charge in [-0.1, -0.05) is 0 Å². The third kappa shape index (κ3) is 3.29. The van der Waals surface area contributed by atoms with Crippen LogP contribution in [0.15, 0.2) is 0 Å². The Morgan fingerprint density at radius 3 is 2.36 bits per heavy atom. The molecule has 0 aromatic rings. The van der Waals surface area contributed by atoms with Crippen LogP contribution in [0.2, 0.25) is 0 Å². The summed E-state index contributed by atoms with van der Waals surface area (Å²) in [6, 6.07) is 0.448. The number of carbonyl (C=O) groups excluding carboxylic acids is 1. The van der Waals surface area contributed by atoms with Crippen LogP contribution in [0, 0.1) is 0 Å². The Morgan fingerprint density at radius 1 is 1.29 bits per heavy atom. The van der Waals surface area contributed by atoms with E-state index >= 15 is 0 Å². The summed E-state index contributed by atoms with van der Waals surface area (Å²) in [5.74, 6) is 0.293. The summed E-state index contributed by atoms with van der Waals surface area (Å²) in [5, 5.41) is 0. The van der Waals surface area contributed by atoms with E-state index in [0.29, 0.717) is 18.5 Å². The normalized spacial score (nSPS) is 17.9. The van der Waals surface area contributed by atoms with Gasteiger partial charge in [0, 0.05) is 19.1 Å². The van der Waals surface area contributed by atoms with E-state index in [9.17, 15) is 4.79 Å². The van der Waals surface area contributed by atoms with Gasteiger partial charge in [0.1, 0.15) is 0 Å². The summed E-state index contributed by atoms with van der Waals surface area (Å²) in [4.78, 5) is 15.9. The summed E-state index contributed by atoms with van der Waals surface area (Å²) >= 11 is 0. The molecule has 0 aromatic heterocycles. The zero-order valence-electron chi connectivity index (χ0n) is 9.62. The Bertz CT molecular complexity index is 186. The van der Waals surface area contributed by atoms with Crippen LogP contribution in [-0.4, -0.2) is 48.4 Å². The lowest BCUT2D eigenvalue weighted by Crippen LogP contribution is -2.43. The van der Waals surface area contributed by atoms with Crippen LogP contribution in [0.1, 0.15) is 33.1 Å². The number of hydrogen-bond donors (Lipinski definition) is 0. The molecular formula is C11H22N2O. The maximum Gasteiger partial charge on any atom is 0.236 e. The van der Waals surface area contributed by atoms with Gasteiger partial charge in [-0.3, -0.25) is 9.69 Å². The fourth-order valence-corrected chi connectivity index (χ4v) is 1.64. The fraction of sp³-hybridized carbons (Fsp3) is 0.909. The smallest absolute Gasteiger partial charge is 0.236 e. The maximum atomic E-state index is 11.8. The molecule has 3 heteroatoms. The molecule has 1 saturated heterocycles. The third-order valence-electron chi connectivity index (χ3n) is 2.97. The first kappa shape index (κ1) is 11.5. The van der Waals surface area contributed by atoms with Crippen molar-refractivity contribution < 1.29 is 4.79 Å². The van der Waals surface area contributed by atoms with Gasteiger partial charge in [-0.15, -0.1) is 0 Å². The van der Waals surface area contributed by atoms with E-state index < -0.39 is 0 Å². The zero-order chi connectivity index (χ0) is 10.6. The van der Waals surface area contributed by atoms with E-state index in [1.165, 1.54) is 19.3 Å². The van der Waals surface area contributed by atoms with Gasteiger partial charge in [0.15, 0.2) is 0 Å². The van der Waals surface area contributed by atoms with Gasteiger partial charge in [0.25, 0.3) is 0 Å². The van der Waals surface area contributed by atoms with Crippen molar-refractivity contribution in [2.45, 2.75) is 39.2 Å². The molecule has 1 heterocycles. The predicted molar refractivity (Wildman–Crippen MR) is 58.2 cm³/mol. The molecule has 1 rings (SSSR count). The molecule has 0 unspecified atom stereocenters. The minimum atomic E-state index is 0.293. The summed E-state index contributed by atoms with van der Waals surface area (Å²) in [6.45, 7) is 6.72. The highest BCUT2D eigenvalue weighted by Gasteiger charge is 2.18. The largest absolute Gasteiger partial charge is 0.342 e. The summed E-state index contributed by atoms with van der Waals surface area (Å²) < 4.78 is 0. The SMILES string of the molecule is CC(C)N(C)CC(=O)N1CCCCC1. The Balaban J connectivity index is 2.33. The molecule has 0 spiro atoms. The molecule has 3 nitrogen and oxygen atoms in total. The van der Waals surface area contributed by atoms with Crippen molar-refractivity contribution in [1.29, 1.82) is 0 Å². The number of likely N-dealkylation sites (N-methyl/N-ethyl adjacent to an activating group) is 1. The van der Waals surface area contributed by atoms with Crippen LogP contribution in [0.3, 0.4) is 0 Å². The number of rotatable bonds is 3. The molecule has 0 saturated carbocycles. The van der Waals surface area contributed by atoms with Crippen LogP contribution in [0.25, 0.3) is 0 Å². The molecule has 0 aliphatic carbocycles. The Labute approximate surface area is 87.1 Å². The van der Waals surface area contributed by atoms with Crippen LogP contribution in [0.5, 0.6) is 0 Å². The second-order valence-electron chi connectivity index (χ2n) is 4.45. The topological polar surface area (TPSA) is 23.6 Å². The van der Waals surface area contributed by atoms with Gasteiger partial charge in [-0.25, -0.2) is 0 Å². The Hall–Kier alpha value is -0.570. The molecule has 1 aliphatic rings. The van der Waals surface area contributed by atoms with E-state index in [1.807, 2.05) is 11.9 Å². The summed E-state index contributed by atoms with van der Waals surface area (Å²) in [7, 11) is 2.01. The summed E-state index contributed by atoms with van der Waals surface area (Å²) in [6.07, 6.45) is 3.64. The molecule has 1 aliphatic heterocycles. The van der Waals surface area contributed by atoms with E-state index in [-0.39, 0.29) is 0 Å². The summed E-state index contributed by atoms with van der Waals surface area (Å²) in [5.41, 5.74) is 0. The fourth-order valence-electron chi connectivity index (χ4n) is 1.64. The molecule has 14 heavy (non-hydrogen) atoms. The van der Waals surface area contributed by atoms with Crippen molar-refractivity contribution in [2.75, 3.05) is 26.7 Å². The van der Waals surface area contributed by atoms with Crippen molar-refractivity contribution in [3.05, 3.63) is 0 Å². The first-order chi connectivity index (χ1) is 6.61. The number of hydrogen-bond acceptors (Lipinski definition) is 2. The second-order valence-corrected chi connectivity index (χ2v) is 4.45. The van der Waals surface area contributed by atoms with E-state index in [2.05, 4.69) is 18.7 Å². The first-order valence-corrected chi connectivity index (χ1v) is 5.59. The van der Waals surface area contributed by atoms with E-state index in [0.717, 1.165) is 13.1 Å². The minimum Gasteiger partial charge on any atom is -0.342 e. The minimum absolute atomic E-state index is 0.293. The number of nitrogens with zero attached hydrogens (tertiary/aromatic N) is 2. The van der Waals surface area contributed by atoms with Crippen LogP contribution >= 0.6 is 0 Å². The lowest BCUT2D eigenvalue weighted by atomic mass is 10.1. The van der Waals surface area contributed by atoms with Gasteiger partial charge in [0.2, 0.25) is 5.91 Å². The molecule has 0 bridgehead atoms. The average molecular weight is 198 g/mol. The van der Waals surface area contributed by atoms with Crippen molar-refractivity contribution in [2.24, 2.45) is 0 Å². The van der Waals surface area contributed by atoms with Gasteiger partial charge in [-0.05, 0) is 40.2 Å². The highest BCUT2D eigenvalue weighted by Crippen LogP contribution is 2.09. The lowest BCUT2D eigenvalue weighted by molar-refractivity contribution is -0.133. The van der Waals surface area contributed by atoms with Crippen molar-refractivity contribution in [3.8, 4) is 0 Å². The number of amides is 1. The van der Waals surface area contributed by atoms with Gasteiger partial charge in [-0.2, -0.15) is 0 Å². The average Bonchev–Trinajstić information content (AvgIpc) is 2.19. The molecule has 0 atom stereocenters. The molecule has 1 amide bonds. The van der Waals surface area contributed by atoms with Gasteiger partial charge >= 0.3 is 0 Å². The number of piperidine rings is 1. The zero-order valence-corrected chi connectivity index (χ0v) is 9.62. The highest BCUT2D eigenvalue weighted by atomic mass is 16.2. The van der Waals surface area contributed by atoms with Crippen LogP contribution < -0.4 is 0 Å². The number of carbonyl (C=O) groups is 1. The lowest BCUT2D eigenvalue weighted by Gasteiger charge is -2.29. The predicted octanol–water partition coefficient (Wildman–Crippen LogP) is 1.34. The molecule has 82 valence electrons. The molecular weight excluding hydrogens is 176 g/mol. The second kappa shape index (κ2) is 5.35. The Morgan fingerprint density at radius 2 is 1.86 bits per heavy atom. The van der Waals surface area contributed by atoms with Gasteiger partial charge < -0.3 is 4.90 Å². The van der Waals surface area contributed by atoms with Crippen molar-refractivity contribution in [3.63, 3.8) is 0 Å². The van der Waals surface area contributed by atoms with Crippen LogP contribution in [-0.2, 0) is 4.79 Å². The van der Waals surface area contributed by atoms with Gasteiger partial charge in [0.05, 0.1) is 6.54 Å². The van der Waals surface area contributed by atoms with Crippen LogP contribution in [0.4, 0.5) is 0 Å². The molecule has 1 fully saturated rings. The maximum absolute atomic E-state index is 11.8. The van der Waals surface area contributed by atoms with Crippen molar-refractivity contribution in [1.82, 2.24) is 9.80 Å². The highest BCUT2D eigenvalue weighted by molar-refractivity contribution is 5.78. The first-order valence-electron chi connectivity index (χ1n) is 5.59. The van der Waals surface area contributed by atoms with E-state index in [4.69, 9.17) is 0 Å². The molecule has 0 N–H and O–H groups in total. The molecule has 0 radical (unpaired) electrons. The Kier molecular flexibility index (Phi) is 4.39. The quantitative estimate of drug-likeness (QED) is 0.683. The monoisotopic (exact) mass is 198 g/mol. The number of likely N-dealkylation sites (tertiary alicyclic amines) is 1. The molecule has 0 aromatic carbocycles. The third-order valence-corrected chi connectivity index (χ3v) is 2.97. The standard InChI is InChI=1S/C11H22N2O/c1-10(2)12(3)9-11(14)13-7-5-4-6-8-13/h10H,4-9H2,1-3H3. The van der Waals surface area contributed by atoms with E-state index in [1.54, 1.807) is 0 Å².